The molecule has 0 saturated carbocycles. The quantitative estimate of drug-likeness (QED) is 0.606. The molecular formula is C14H10Cl3NO3. The van der Waals surface area contributed by atoms with E-state index in [1.807, 2.05) is 0 Å². The van der Waals surface area contributed by atoms with Crippen LogP contribution in [0.3, 0.4) is 0 Å². The number of ether oxygens (including phenoxy) is 2. The largest absolute Gasteiger partial charge is 0.481 e. The average Bonchev–Trinajstić information content (AvgIpc) is 2.50. The van der Waals surface area contributed by atoms with Crippen molar-refractivity contribution in [1.29, 1.82) is 0 Å². The standard InChI is InChI=1S/C14H10Cl3NO3/c1-20-12-5-8(14(19)21-2)9(6-18-12)7-3-10(15)13(17)11(16)4-7/h3-6H,1-2H3. The summed E-state index contributed by atoms with van der Waals surface area (Å²) in [7, 11) is 2.75. The highest BCUT2D eigenvalue weighted by molar-refractivity contribution is 6.48. The Kier molecular flexibility index (Phi) is 4.93. The lowest BCUT2D eigenvalue weighted by Gasteiger charge is -2.11. The Morgan fingerprint density at radius 3 is 2.24 bits per heavy atom. The third kappa shape index (κ3) is 3.23. The van der Waals surface area contributed by atoms with Crippen LogP contribution in [0.15, 0.2) is 24.4 Å². The molecule has 1 aromatic heterocycles. The van der Waals surface area contributed by atoms with Gasteiger partial charge in [0, 0.05) is 17.8 Å². The van der Waals surface area contributed by atoms with Crippen LogP contribution in [-0.2, 0) is 4.74 Å². The van der Waals surface area contributed by atoms with Gasteiger partial charge in [0.2, 0.25) is 5.88 Å². The van der Waals surface area contributed by atoms with E-state index in [1.54, 1.807) is 12.1 Å². The second-order valence-electron chi connectivity index (χ2n) is 4.02. The van der Waals surface area contributed by atoms with Gasteiger partial charge < -0.3 is 9.47 Å². The van der Waals surface area contributed by atoms with Crippen molar-refractivity contribution in [2.45, 2.75) is 0 Å². The van der Waals surface area contributed by atoms with Gasteiger partial charge in [0.05, 0.1) is 34.9 Å². The molecule has 110 valence electrons. The maximum absolute atomic E-state index is 11.9. The van der Waals surface area contributed by atoms with Crippen LogP contribution in [0.2, 0.25) is 15.1 Å². The molecule has 0 N–H and O–H groups in total. The minimum atomic E-state index is -0.520. The van der Waals surface area contributed by atoms with Crippen molar-refractivity contribution in [1.82, 2.24) is 4.98 Å². The van der Waals surface area contributed by atoms with E-state index in [2.05, 4.69) is 4.98 Å². The first-order valence-electron chi connectivity index (χ1n) is 5.75. The summed E-state index contributed by atoms with van der Waals surface area (Å²) in [4.78, 5) is 16.0. The molecule has 21 heavy (non-hydrogen) atoms. The number of carbonyl (C=O) groups excluding carboxylic acids is 1. The van der Waals surface area contributed by atoms with Crippen molar-refractivity contribution in [3.63, 3.8) is 0 Å². The first-order chi connectivity index (χ1) is 9.97. The Morgan fingerprint density at radius 1 is 1.10 bits per heavy atom. The molecule has 0 amide bonds. The van der Waals surface area contributed by atoms with Gasteiger partial charge in [-0.05, 0) is 17.7 Å². The number of esters is 1. The van der Waals surface area contributed by atoms with E-state index in [0.29, 0.717) is 22.6 Å². The summed E-state index contributed by atoms with van der Waals surface area (Å²) in [6.45, 7) is 0. The van der Waals surface area contributed by atoms with Gasteiger partial charge >= 0.3 is 5.97 Å². The number of benzene rings is 1. The lowest BCUT2D eigenvalue weighted by molar-refractivity contribution is 0.0601. The van der Waals surface area contributed by atoms with Crippen molar-refractivity contribution in [2.75, 3.05) is 14.2 Å². The molecule has 0 saturated heterocycles. The molecule has 0 radical (unpaired) electrons. The highest BCUT2D eigenvalue weighted by atomic mass is 35.5. The highest BCUT2D eigenvalue weighted by Gasteiger charge is 2.17. The summed E-state index contributed by atoms with van der Waals surface area (Å²) in [6.07, 6.45) is 1.49. The first-order valence-corrected chi connectivity index (χ1v) is 6.88. The molecule has 0 aliphatic heterocycles. The van der Waals surface area contributed by atoms with Gasteiger partial charge in [0.1, 0.15) is 0 Å². The summed E-state index contributed by atoms with van der Waals surface area (Å²) in [5.74, 6) is -0.224. The highest BCUT2D eigenvalue weighted by Crippen LogP contribution is 2.36. The van der Waals surface area contributed by atoms with Crippen molar-refractivity contribution < 1.29 is 14.3 Å². The fourth-order valence-electron chi connectivity index (χ4n) is 1.77. The van der Waals surface area contributed by atoms with Crippen LogP contribution in [0, 0.1) is 0 Å². The molecule has 2 rings (SSSR count). The number of nitrogens with zero attached hydrogens (tertiary/aromatic N) is 1. The van der Waals surface area contributed by atoms with E-state index in [9.17, 15) is 4.79 Å². The van der Waals surface area contributed by atoms with Gasteiger partial charge in [-0.3, -0.25) is 0 Å². The minimum Gasteiger partial charge on any atom is -0.481 e. The van der Waals surface area contributed by atoms with E-state index in [-0.39, 0.29) is 15.1 Å². The zero-order valence-corrected chi connectivity index (χ0v) is 13.4. The molecule has 0 atom stereocenters. The number of pyridine rings is 1. The van der Waals surface area contributed by atoms with E-state index >= 15 is 0 Å². The fraction of sp³-hybridized carbons (Fsp3) is 0.143. The molecule has 0 bridgehead atoms. The number of carbonyl (C=O) groups is 1. The van der Waals surface area contributed by atoms with Gasteiger partial charge in [0.15, 0.2) is 0 Å². The monoisotopic (exact) mass is 345 g/mol. The molecule has 1 heterocycles. The maximum atomic E-state index is 11.9. The van der Waals surface area contributed by atoms with Crippen LogP contribution in [0.5, 0.6) is 5.88 Å². The molecule has 1 aromatic carbocycles. The molecule has 0 aliphatic rings. The van der Waals surface area contributed by atoms with Crippen LogP contribution in [0.25, 0.3) is 11.1 Å². The Bertz CT molecular complexity index is 681. The Balaban J connectivity index is 2.65. The van der Waals surface area contributed by atoms with Crippen molar-refractivity contribution in [3.8, 4) is 17.0 Å². The van der Waals surface area contributed by atoms with E-state index in [4.69, 9.17) is 44.3 Å². The Hall–Kier alpha value is -1.49. The summed E-state index contributed by atoms with van der Waals surface area (Å²) in [6, 6.07) is 4.69. The summed E-state index contributed by atoms with van der Waals surface area (Å²) < 4.78 is 9.78. The third-order valence-corrected chi connectivity index (χ3v) is 3.98. The van der Waals surface area contributed by atoms with E-state index in [1.165, 1.54) is 26.5 Å². The van der Waals surface area contributed by atoms with Crippen LogP contribution >= 0.6 is 34.8 Å². The molecule has 2 aromatic rings. The van der Waals surface area contributed by atoms with Crippen molar-refractivity contribution in [3.05, 3.63) is 45.0 Å². The predicted molar refractivity (Wildman–Crippen MR) is 82.6 cm³/mol. The molecule has 0 fully saturated rings. The number of halogens is 3. The molecule has 0 aliphatic carbocycles. The second kappa shape index (κ2) is 6.52. The summed E-state index contributed by atoms with van der Waals surface area (Å²) >= 11 is 18.0. The summed E-state index contributed by atoms with van der Waals surface area (Å²) in [5.41, 5.74) is 1.41. The Morgan fingerprint density at radius 2 is 1.71 bits per heavy atom. The number of hydrogen-bond acceptors (Lipinski definition) is 4. The lowest BCUT2D eigenvalue weighted by atomic mass is 10.0. The van der Waals surface area contributed by atoms with E-state index < -0.39 is 5.97 Å². The minimum absolute atomic E-state index is 0.253. The van der Waals surface area contributed by atoms with Crippen molar-refractivity contribution >= 4 is 40.8 Å². The van der Waals surface area contributed by atoms with Crippen LogP contribution in [0.4, 0.5) is 0 Å². The number of aromatic nitrogens is 1. The number of hydrogen-bond donors (Lipinski definition) is 0. The van der Waals surface area contributed by atoms with Crippen LogP contribution in [0.1, 0.15) is 10.4 Å². The van der Waals surface area contributed by atoms with Gasteiger partial charge in [0.25, 0.3) is 0 Å². The smallest absolute Gasteiger partial charge is 0.338 e. The van der Waals surface area contributed by atoms with Gasteiger partial charge in [-0.15, -0.1) is 0 Å². The third-order valence-electron chi connectivity index (χ3n) is 2.79. The van der Waals surface area contributed by atoms with Gasteiger partial charge in [-0.1, -0.05) is 34.8 Å². The molecule has 7 heteroatoms. The van der Waals surface area contributed by atoms with Gasteiger partial charge in [-0.2, -0.15) is 0 Å². The molecule has 0 unspecified atom stereocenters. The fourth-order valence-corrected chi connectivity index (χ4v) is 2.36. The SMILES string of the molecule is COC(=O)c1cc(OC)ncc1-c1cc(Cl)c(Cl)c(Cl)c1. The predicted octanol–water partition coefficient (Wildman–Crippen LogP) is 4.50. The zero-order chi connectivity index (χ0) is 15.6. The first kappa shape index (κ1) is 15.9. The normalized spacial score (nSPS) is 10.3. The van der Waals surface area contributed by atoms with Crippen LogP contribution in [-0.4, -0.2) is 25.2 Å². The average molecular weight is 347 g/mol. The maximum Gasteiger partial charge on any atom is 0.338 e. The molecular weight excluding hydrogens is 337 g/mol. The zero-order valence-electron chi connectivity index (χ0n) is 11.1. The molecule has 0 spiro atoms. The number of methoxy groups -OCH3 is 2. The number of rotatable bonds is 3. The molecule has 4 nitrogen and oxygen atoms in total. The van der Waals surface area contributed by atoms with E-state index in [0.717, 1.165) is 0 Å². The van der Waals surface area contributed by atoms with Crippen LogP contribution < -0.4 is 4.74 Å². The van der Waals surface area contributed by atoms with Gasteiger partial charge in [-0.25, -0.2) is 9.78 Å². The topological polar surface area (TPSA) is 48.4 Å². The summed E-state index contributed by atoms with van der Waals surface area (Å²) in [5, 5.41) is 0.819. The van der Waals surface area contributed by atoms with Crippen molar-refractivity contribution in [2.24, 2.45) is 0 Å². The Labute approximate surface area is 136 Å². The second-order valence-corrected chi connectivity index (χ2v) is 5.21. The lowest BCUT2D eigenvalue weighted by Crippen LogP contribution is -2.05.